The number of hydrogen-bond donors (Lipinski definition) is 0. The molecule has 0 bridgehead atoms. The van der Waals surface area contributed by atoms with Crippen molar-refractivity contribution in [3.05, 3.63) is 60.0 Å². The van der Waals surface area contributed by atoms with Gasteiger partial charge in [0, 0.05) is 31.7 Å². The molecule has 2 aromatic heterocycles. The molecule has 0 aliphatic rings. The Morgan fingerprint density at radius 3 is 2.50 bits per heavy atom. The minimum Gasteiger partial charge on any atom is -0.459 e. The molecule has 0 saturated carbocycles. The fourth-order valence-electron chi connectivity index (χ4n) is 3.03. The summed E-state index contributed by atoms with van der Waals surface area (Å²) in [6, 6.07) is 13.4. The zero-order valence-electron chi connectivity index (χ0n) is 15.8. The first-order valence-electron chi connectivity index (χ1n) is 9.01. The smallest absolute Gasteiger partial charge is 0.255 e. The van der Waals surface area contributed by atoms with Gasteiger partial charge in [-0.25, -0.2) is 4.98 Å². The van der Waals surface area contributed by atoms with E-state index in [1.54, 1.807) is 18.1 Å². The predicted octanol–water partition coefficient (Wildman–Crippen LogP) is 4.51. The van der Waals surface area contributed by atoms with Crippen molar-refractivity contribution in [3.63, 3.8) is 0 Å². The molecular formula is C21H25N3O2. The molecule has 5 nitrogen and oxygen atoms in total. The van der Waals surface area contributed by atoms with Crippen LogP contribution in [0.4, 0.5) is 5.82 Å². The van der Waals surface area contributed by atoms with Crippen LogP contribution in [0, 0.1) is 0 Å². The maximum absolute atomic E-state index is 12.8. The number of nitrogens with zero attached hydrogens (tertiary/aromatic N) is 3. The number of carbonyl (C=O) groups excluding carboxylic acids is 1. The molecule has 0 radical (unpaired) electrons. The number of pyridine rings is 1. The number of fused-ring (bicyclic) bond motifs is 1. The highest BCUT2D eigenvalue weighted by molar-refractivity contribution is 5.94. The third-order valence-corrected chi connectivity index (χ3v) is 4.84. The summed E-state index contributed by atoms with van der Waals surface area (Å²) in [4.78, 5) is 21.1. The van der Waals surface area contributed by atoms with Gasteiger partial charge in [0.15, 0.2) is 0 Å². The highest BCUT2D eigenvalue weighted by atomic mass is 16.3. The maximum Gasteiger partial charge on any atom is 0.255 e. The first kappa shape index (κ1) is 18.0. The number of para-hydroxylation sites is 1. The Labute approximate surface area is 154 Å². The first-order chi connectivity index (χ1) is 12.5. The van der Waals surface area contributed by atoms with E-state index in [0.717, 1.165) is 35.6 Å². The Morgan fingerprint density at radius 1 is 1.15 bits per heavy atom. The van der Waals surface area contributed by atoms with Crippen LogP contribution < -0.4 is 4.90 Å². The van der Waals surface area contributed by atoms with Gasteiger partial charge in [-0.1, -0.05) is 18.2 Å². The van der Waals surface area contributed by atoms with Crippen molar-refractivity contribution in [1.29, 1.82) is 0 Å². The van der Waals surface area contributed by atoms with E-state index in [9.17, 15) is 4.79 Å². The van der Waals surface area contributed by atoms with Gasteiger partial charge in [0.1, 0.15) is 17.2 Å². The molecule has 0 saturated heterocycles. The first-order valence-corrected chi connectivity index (χ1v) is 9.01. The molecule has 1 amide bonds. The van der Waals surface area contributed by atoms with Gasteiger partial charge in [0.05, 0.1) is 11.6 Å². The summed E-state index contributed by atoms with van der Waals surface area (Å²) in [6.07, 6.45) is 1.65. The molecule has 1 unspecified atom stereocenters. The molecule has 3 aromatic rings. The van der Waals surface area contributed by atoms with Gasteiger partial charge in [-0.05, 0) is 45.0 Å². The lowest BCUT2D eigenvalue weighted by molar-refractivity contribution is 0.0727. The molecule has 5 heteroatoms. The van der Waals surface area contributed by atoms with Crippen LogP contribution in [0.5, 0.6) is 0 Å². The third-order valence-electron chi connectivity index (χ3n) is 4.84. The topological polar surface area (TPSA) is 49.6 Å². The zero-order chi connectivity index (χ0) is 18.7. The van der Waals surface area contributed by atoms with E-state index in [1.807, 2.05) is 49.4 Å². The monoisotopic (exact) mass is 351 g/mol. The largest absolute Gasteiger partial charge is 0.459 e. The van der Waals surface area contributed by atoms with E-state index in [-0.39, 0.29) is 11.9 Å². The van der Waals surface area contributed by atoms with Crippen molar-refractivity contribution in [2.45, 2.75) is 26.8 Å². The van der Waals surface area contributed by atoms with Gasteiger partial charge in [0.2, 0.25) is 0 Å². The molecule has 0 spiro atoms. The summed E-state index contributed by atoms with van der Waals surface area (Å²) in [7, 11) is 1.79. The minimum absolute atomic E-state index is 0.0726. The summed E-state index contributed by atoms with van der Waals surface area (Å²) in [5.74, 6) is 1.59. The molecular weight excluding hydrogens is 326 g/mol. The molecule has 2 heterocycles. The minimum atomic E-state index is -0.169. The van der Waals surface area contributed by atoms with Crippen LogP contribution in [0.3, 0.4) is 0 Å². The van der Waals surface area contributed by atoms with Crippen molar-refractivity contribution >= 4 is 22.7 Å². The van der Waals surface area contributed by atoms with E-state index in [1.165, 1.54) is 0 Å². The third kappa shape index (κ3) is 3.43. The lowest BCUT2D eigenvalue weighted by Crippen LogP contribution is -2.29. The quantitative estimate of drug-likeness (QED) is 0.656. The molecule has 26 heavy (non-hydrogen) atoms. The Bertz CT molecular complexity index is 849. The van der Waals surface area contributed by atoms with Crippen LogP contribution in [0.15, 0.2) is 53.1 Å². The molecule has 1 aromatic carbocycles. The number of anilines is 1. The van der Waals surface area contributed by atoms with Crippen molar-refractivity contribution in [2.24, 2.45) is 0 Å². The molecule has 0 aliphatic carbocycles. The van der Waals surface area contributed by atoms with Crippen LogP contribution >= 0.6 is 0 Å². The van der Waals surface area contributed by atoms with Gasteiger partial charge in [0.25, 0.3) is 5.91 Å². The number of hydrogen-bond acceptors (Lipinski definition) is 4. The van der Waals surface area contributed by atoms with E-state index in [4.69, 9.17) is 4.42 Å². The summed E-state index contributed by atoms with van der Waals surface area (Å²) in [6.45, 7) is 7.92. The molecule has 3 rings (SSSR count). The summed E-state index contributed by atoms with van der Waals surface area (Å²) < 4.78 is 5.90. The summed E-state index contributed by atoms with van der Waals surface area (Å²) >= 11 is 0. The normalized spacial score (nSPS) is 12.2. The Morgan fingerprint density at radius 2 is 1.88 bits per heavy atom. The number of rotatable bonds is 6. The average Bonchev–Trinajstić information content (AvgIpc) is 3.12. The maximum atomic E-state index is 12.8. The number of furan rings is 1. The average molecular weight is 351 g/mol. The Kier molecular flexibility index (Phi) is 5.26. The second-order valence-electron chi connectivity index (χ2n) is 6.36. The Hall–Kier alpha value is -2.82. The number of carbonyl (C=O) groups is 1. The molecule has 0 aliphatic heterocycles. The van der Waals surface area contributed by atoms with E-state index >= 15 is 0 Å². The highest BCUT2D eigenvalue weighted by Crippen LogP contribution is 2.27. The standard InChI is InChI=1S/C21H25N3O2/c1-5-24(6-2)20-12-11-17(14-22-20)21(25)23(4)15(3)19-13-16-9-7-8-10-18(16)26-19/h7-15H,5-6H2,1-4H3. The van der Waals surface area contributed by atoms with Crippen LogP contribution in [0.1, 0.15) is 42.9 Å². The van der Waals surface area contributed by atoms with Gasteiger partial charge in [-0.2, -0.15) is 0 Å². The highest BCUT2D eigenvalue weighted by Gasteiger charge is 2.22. The second kappa shape index (κ2) is 7.60. The van der Waals surface area contributed by atoms with Crippen molar-refractivity contribution in [2.75, 3.05) is 25.0 Å². The van der Waals surface area contributed by atoms with Crippen molar-refractivity contribution in [1.82, 2.24) is 9.88 Å². The fraction of sp³-hybridized carbons (Fsp3) is 0.333. The number of aromatic nitrogens is 1. The number of amides is 1. The van der Waals surface area contributed by atoms with Crippen LogP contribution in [-0.2, 0) is 0 Å². The predicted molar refractivity (Wildman–Crippen MR) is 105 cm³/mol. The molecule has 0 fully saturated rings. The van der Waals surface area contributed by atoms with Gasteiger partial charge >= 0.3 is 0 Å². The number of benzene rings is 1. The summed E-state index contributed by atoms with van der Waals surface area (Å²) in [5.41, 5.74) is 1.41. The summed E-state index contributed by atoms with van der Waals surface area (Å²) in [5, 5.41) is 1.04. The molecule has 1 atom stereocenters. The Balaban J connectivity index is 1.78. The SMILES string of the molecule is CCN(CC)c1ccc(C(=O)N(C)C(C)c2cc3ccccc3o2)cn1. The lowest BCUT2D eigenvalue weighted by Gasteiger charge is -2.24. The van der Waals surface area contributed by atoms with Gasteiger partial charge in [-0.15, -0.1) is 0 Å². The molecule has 136 valence electrons. The fourth-order valence-corrected chi connectivity index (χ4v) is 3.03. The van der Waals surface area contributed by atoms with E-state index < -0.39 is 0 Å². The van der Waals surface area contributed by atoms with Crippen molar-refractivity contribution < 1.29 is 9.21 Å². The van der Waals surface area contributed by atoms with Crippen LogP contribution in [-0.4, -0.2) is 35.9 Å². The van der Waals surface area contributed by atoms with E-state index in [2.05, 4.69) is 23.7 Å². The second-order valence-corrected chi connectivity index (χ2v) is 6.36. The van der Waals surface area contributed by atoms with E-state index in [0.29, 0.717) is 5.56 Å². The zero-order valence-corrected chi connectivity index (χ0v) is 15.8. The van der Waals surface area contributed by atoms with Crippen LogP contribution in [0.25, 0.3) is 11.0 Å². The van der Waals surface area contributed by atoms with Gasteiger partial charge in [-0.3, -0.25) is 4.79 Å². The van der Waals surface area contributed by atoms with Gasteiger partial charge < -0.3 is 14.2 Å². The van der Waals surface area contributed by atoms with Crippen LogP contribution in [0.2, 0.25) is 0 Å². The lowest BCUT2D eigenvalue weighted by atomic mass is 10.1. The van der Waals surface area contributed by atoms with Crippen molar-refractivity contribution in [3.8, 4) is 0 Å². The molecule has 0 N–H and O–H groups in total.